The molecule has 0 radical (unpaired) electrons. The Morgan fingerprint density at radius 1 is 0.955 bits per heavy atom. The van der Waals surface area contributed by atoms with Crippen LogP contribution < -0.4 is 10.6 Å². The van der Waals surface area contributed by atoms with Crippen LogP contribution in [-0.2, 0) is 6.18 Å². The van der Waals surface area contributed by atoms with Gasteiger partial charge in [0.25, 0.3) is 0 Å². The first kappa shape index (κ1) is 15.6. The molecule has 0 spiro atoms. The molecule has 0 aliphatic carbocycles. The van der Waals surface area contributed by atoms with Crippen LogP contribution in [0.1, 0.15) is 11.1 Å². The van der Waals surface area contributed by atoms with Gasteiger partial charge in [0.1, 0.15) is 0 Å². The number of alkyl halides is 3. The molecule has 0 unspecified atom stereocenters. The number of carbonyl (C=O) groups is 1. The van der Waals surface area contributed by atoms with Crippen LogP contribution in [0.15, 0.2) is 60.8 Å². The van der Waals surface area contributed by atoms with Crippen molar-refractivity contribution in [3.63, 3.8) is 0 Å². The van der Waals surface area contributed by atoms with Crippen LogP contribution in [0.4, 0.5) is 23.7 Å². The molecule has 0 aliphatic heterocycles. The van der Waals surface area contributed by atoms with E-state index in [4.69, 9.17) is 0 Å². The van der Waals surface area contributed by atoms with Gasteiger partial charge >= 0.3 is 12.2 Å². The molecule has 0 saturated heterocycles. The minimum Gasteiger partial charge on any atom is -0.314 e. The molecule has 2 N–H and O–H groups in total. The van der Waals surface area contributed by atoms with E-state index in [1.807, 2.05) is 30.3 Å². The van der Waals surface area contributed by atoms with Gasteiger partial charge < -0.3 is 10.6 Å². The predicted octanol–water partition coefficient (Wildman–Crippen LogP) is 4.50. The zero-order chi connectivity index (χ0) is 16.0. The van der Waals surface area contributed by atoms with Crippen molar-refractivity contribution in [2.45, 2.75) is 6.18 Å². The topological polar surface area (TPSA) is 41.1 Å². The van der Waals surface area contributed by atoms with E-state index in [-0.39, 0.29) is 5.69 Å². The van der Waals surface area contributed by atoms with Gasteiger partial charge in [-0.1, -0.05) is 30.3 Å². The van der Waals surface area contributed by atoms with E-state index in [9.17, 15) is 18.0 Å². The Balaban J connectivity index is 1.88. The Labute approximate surface area is 125 Å². The number of halogens is 3. The van der Waals surface area contributed by atoms with Crippen LogP contribution in [0.2, 0.25) is 0 Å². The minimum absolute atomic E-state index is 0.276. The molecule has 0 bridgehead atoms. The number of hydrogen-bond acceptors (Lipinski definition) is 1. The van der Waals surface area contributed by atoms with E-state index in [0.29, 0.717) is 0 Å². The van der Waals surface area contributed by atoms with Crippen molar-refractivity contribution >= 4 is 17.8 Å². The molecule has 2 rings (SSSR count). The first-order chi connectivity index (χ1) is 10.4. The smallest absolute Gasteiger partial charge is 0.314 e. The molecular formula is C16H13F3N2O. The highest BCUT2D eigenvalue weighted by atomic mass is 19.4. The van der Waals surface area contributed by atoms with Crippen molar-refractivity contribution in [2.24, 2.45) is 0 Å². The number of urea groups is 1. The van der Waals surface area contributed by atoms with Gasteiger partial charge in [0.2, 0.25) is 0 Å². The number of amides is 2. The normalized spacial score (nSPS) is 11.4. The van der Waals surface area contributed by atoms with Gasteiger partial charge in [-0.05, 0) is 35.9 Å². The molecule has 6 heteroatoms. The number of hydrogen-bond donors (Lipinski definition) is 2. The third-order valence-electron chi connectivity index (χ3n) is 2.76. The van der Waals surface area contributed by atoms with Crippen LogP contribution in [0.5, 0.6) is 0 Å². The van der Waals surface area contributed by atoms with Crippen molar-refractivity contribution < 1.29 is 18.0 Å². The van der Waals surface area contributed by atoms with Gasteiger partial charge in [-0.25, -0.2) is 4.79 Å². The molecule has 2 amide bonds. The molecule has 0 saturated carbocycles. The Bertz CT molecular complexity index is 649. The Morgan fingerprint density at radius 3 is 2.18 bits per heavy atom. The zero-order valence-electron chi connectivity index (χ0n) is 11.4. The molecule has 3 nitrogen and oxygen atoms in total. The maximum atomic E-state index is 12.4. The fourth-order valence-electron chi connectivity index (χ4n) is 1.69. The largest absolute Gasteiger partial charge is 0.416 e. The number of carbonyl (C=O) groups excluding carboxylic acids is 1. The standard InChI is InChI=1S/C16H13F3N2O/c17-16(18,19)13-6-8-14(9-7-13)21-15(22)20-11-10-12-4-2-1-3-5-12/h1-11H,(H2,20,21,22)/b11-10+. The summed E-state index contributed by atoms with van der Waals surface area (Å²) in [6.45, 7) is 0. The molecule has 2 aromatic carbocycles. The van der Waals surface area contributed by atoms with Crippen molar-refractivity contribution in [3.8, 4) is 0 Å². The maximum absolute atomic E-state index is 12.4. The summed E-state index contributed by atoms with van der Waals surface area (Å²) in [4.78, 5) is 11.6. The Morgan fingerprint density at radius 2 is 1.59 bits per heavy atom. The predicted molar refractivity (Wildman–Crippen MR) is 79.1 cm³/mol. The number of rotatable bonds is 3. The molecule has 0 heterocycles. The Kier molecular flexibility index (Phi) is 4.83. The minimum atomic E-state index is -4.39. The molecule has 0 atom stereocenters. The fraction of sp³-hybridized carbons (Fsp3) is 0.0625. The summed E-state index contributed by atoms with van der Waals surface area (Å²) < 4.78 is 37.2. The summed E-state index contributed by atoms with van der Waals surface area (Å²) in [6, 6.07) is 13.0. The van der Waals surface area contributed by atoms with Crippen LogP contribution >= 0.6 is 0 Å². The van der Waals surface area contributed by atoms with Crippen molar-refractivity contribution in [2.75, 3.05) is 5.32 Å². The summed E-state index contributed by atoms with van der Waals surface area (Å²) in [6.07, 6.45) is -1.24. The van der Waals surface area contributed by atoms with Gasteiger partial charge in [0.05, 0.1) is 5.56 Å². The summed E-state index contributed by atoms with van der Waals surface area (Å²) in [5.41, 5.74) is 0.429. The highest BCUT2D eigenvalue weighted by molar-refractivity contribution is 5.90. The lowest BCUT2D eigenvalue weighted by Crippen LogP contribution is -2.23. The van der Waals surface area contributed by atoms with Crippen molar-refractivity contribution in [1.29, 1.82) is 0 Å². The van der Waals surface area contributed by atoms with Gasteiger partial charge in [0, 0.05) is 11.9 Å². The van der Waals surface area contributed by atoms with Gasteiger partial charge in [-0.2, -0.15) is 13.2 Å². The molecule has 0 aromatic heterocycles. The van der Waals surface area contributed by atoms with E-state index in [1.54, 1.807) is 6.08 Å². The molecular weight excluding hydrogens is 293 g/mol. The SMILES string of the molecule is O=C(N/C=C/c1ccccc1)Nc1ccc(C(F)(F)F)cc1. The number of nitrogens with one attached hydrogen (secondary N) is 2. The molecule has 2 aromatic rings. The third kappa shape index (κ3) is 4.66. The first-order valence-corrected chi connectivity index (χ1v) is 6.41. The van der Waals surface area contributed by atoms with E-state index in [1.165, 1.54) is 18.3 Å². The van der Waals surface area contributed by atoms with Crippen LogP contribution in [-0.4, -0.2) is 6.03 Å². The molecule has 0 fully saturated rings. The lowest BCUT2D eigenvalue weighted by atomic mass is 10.2. The Hall–Kier alpha value is -2.76. The molecule has 22 heavy (non-hydrogen) atoms. The van der Waals surface area contributed by atoms with Gasteiger partial charge in [0.15, 0.2) is 0 Å². The quantitative estimate of drug-likeness (QED) is 0.861. The lowest BCUT2D eigenvalue weighted by molar-refractivity contribution is -0.137. The first-order valence-electron chi connectivity index (χ1n) is 6.41. The summed E-state index contributed by atoms with van der Waals surface area (Å²) in [5, 5.41) is 4.91. The highest BCUT2D eigenvalue weighted by Gasteiger charge is 2.29. The van der Waals surface area contributed by atoms with Crippen LogP contribution in [0, 0.1) is 0 Å². The molecule has 0 aliphatic rings. The summed E-state index contributed by atoms with van der Waals surface area (Å²) in [5.74, 6) is 0. The third-order valence-corrected chi connectivity index (χ3v) is 2.76. The maximum Gasteiger partial charge on any atom is 0.416 e. The zero-order valence-corrected chi connectivity index (χ0v) is 11.4. The van der Waals surface area contributed by atoms with Crippen molar-refractivity contribution in [3.05, 3.63) is 71.9 Å². The van der Waals surface area contributed by atoms with E-state index in [2.05, 4.69) is 10.6 Å². The van der Waals surface area contributed by atoms with E-state index >= 15 is 0 Å². The second-order valence-corrected chi connectivity index (χ2v) is 4.42. The second-order valence-electron chi connectivity index (χ2n) is 4.42. The monoisotopic (exact) mass is 306 g/mol. The van der Waals surface area contributed by atoms with Gasteiger partial charge in [-0.3, -0.25) is 0 Å². The van der Waals surface area contributed by atoms with E-state index < -0.39 is 17.8 Å². The average molecular weight is 306 g/mol. The van der Waals surface area contributed by atoms with Gasteiger partial charge in [-0.15, -0.1) is 0 Å². The second kappa shape index (κ2) is 6.80. The van der Waals surface area contributed by atoms with E-state index in [0.717, 1.165) is 17.7 Å². The summed E-state index contributed by atoms with van der Waals surface area (Å²) >= 11 is 0. The number of benzene rings is 2. The van der Waals surface area contributed by atoms with Crippen LogP contribution in [0.25, 0.3) is 6.08 Å². The summed E-state index contributed by atoms with van der Waals surface area (Å²) in [7, 11) is 0. The average Bonchev–Trinajstić information content (AvgIpc) is 2.48. The molecule has 114 valence electrons. The number of anilines is 1. The van der Waals surface area contributed by atoms with Crippen LogP contribution in [0.3, 0.4) is 0 Å². The van der Waals surface area contributed by atoms with Crippen molar-refractivity contribution in [1.82, 2.24) is 5.32 Å². The highest BCUT2D eigenvalue weighted by Crippen LogP contribution is 2.29. The fourth-order valence-corrected chi connectivity index (χ4v) is 1.69. The lowest BCUT2D eigenvalue weighted by Gasteiger charge is -2.08.